The van der Waals surface area contributed by atoms with E-state index in [-0.39, 0.29) is 15.5 Å². The maximum atomic E-state index is 12.7. The van der Waals surface area contributed by atoms with Crippen molar-refractivity contribution in [2.45, 2.75) is 18.7 Å². The molecule has 2 aromatic rings. The average molecular weight is 398 g/mol. The number of nitrogens with zero attached hydrogens (tertiary/aromatic N) is 1. The standard InChI is InChI=1S/C18H20ClNO5S/c1-4-20(5-2)26(22,23)17-12-13(6-11-16(17)19)18(21)25-15-9-7-14(24-3)8-10-15/h6-12H,4-5H2,1-3H3. The molecule has 0 N–H and O–H groups in total. The summed E-state index contributed by atoms with van der Waals surface area (Å²) in [6.07, 6.45) is 0. The van der Waals surface area contributed by atoms with Gasteiger partial charge in [0.2, 0.25) is 10.0 Å². The van der Waals surface area contributed by atoms with E-state index < -0.39 is 16.0 Å². The molecule has 6 nitrogen and oxygen atoms in total. The molecule has 0 atom stereocenters. The molecule has 0 aliphatic heterocycles. The van der Waals surface area contributed by atoms with Gasteiger partial charge < -0.3 is 9.47 Å². The minimum Gasteiger partial charge on any atom is -0.497 e. The Kier molecular flexibility index (Phi) is 6.63. The summed E-state index contributed by atoms with van der Waals surface area (Å²) in [4.78, 5) is 12.2. The van der Waals surface area contributed by atoms with E-state index in [1.807, 2.05) is 0 Å². The van der Waals surface area contributed by atoms with Gasteiger partial charge in [0.05, 0.1) is 17.7 Å². The van der Waals surface area contributed by atoms with E-state index in [0.717, 1.165) is 0 Å². The molecular formula is C18H20ClNO5S. The number of halogens is 1. The highest BCUT2D eigenvalue weighted by Crippen LogP contribution is 2.26. The van der Waals surface area contributed by atoms with Gasteiger partial charge in [-0.3, -0.25) is 0 Å². The third-order valence-electron chi connectivity index (χ3n) is 3.76. The second-order valence-electron chi connectivity index (χ2n) is 5.30. The third kappa shape index (κ3) is 4.35. The van der Waals surface area contributed by atoms with E-state index in [1.165, 1.54) is 29.6 Å². The molecule has 0 fully saturated rings. The minimum absolute atomic E-state index is 0.0536. The van der Waals surface area contributed by atoms with Crippen LogP contribution in [0.1, 0.15) is 24.2 Å². The van der Waals surface area contributed by atoms with Crippen molar-refractivity contribution in [3.8, 4) is 11.5 Å². The fraction of sp³-hybridized carbons (Fsp3) is 0.278. The maximum absolute atomic E-state index is 12.7. The highest BCUT2D eigenvalue weighted by molar-refractivity contribution is 7.89. The Hall–Kier alpha value is -2.09. The minimum atomic E-state index is -3.79. The van der Waals surface area contributed by atoms with Crippen molar-refractivity contribution in [3.63, 3.8) is 0 Å². The molecule has 0 saturated heterocycles. The number of carbonyl (C=O) groups excluding carboxylic acids is 1. The number of sulfonamides is 1. The second kappa shape index (κ2) is 8.53. The molecule has 0 unspecified atom stereocenters. The normalized spacial score (nSPS) is 11.4. The number of benzene rings is 2. The summed E-state index contributed by atoms with van der Waals surface area (Å²) < 4.78 is 37.0. The number of rotatable bonds is 7. The molecule has 0 saturated carbocycles. The Balaban J connectivity index is 2.31. The monoisotopic (exact) mass is 397 g/mol. The predicted molar refractivity (Wildman–Crippen MR) is 99.5 cm³/mol. The predicted octanol–water partition coefficient (Wildman–Crippen LogP) is 3.60. The summed E-state index contributed by atoms with van der Waals surface area (Å²) in [6, 6.07) is 10.5. The van der Waals surface area contributed by atoms with Gasteiger partial charge in [-0.15, -0.1) is 0 Å². The lowest BCUT2D eigenvalue weighted by atomic mass is 10.2. The molecular weight excluding hydrogens is 378 g/mol. The lowest BCUT2D eigenvalue weighted by Gasteiger charge is -2.19. The topological polar surface area (TPSA) is 72.9 Å². The molecule has 26 heavy (non-hydrogen) atoms. The van der Waals surface area contributed by atoms with Gasteiger partial charge in [0.25, 0.3) is 0 Å². The van der Waals surface area contributed by atoms with E-state index >= 15 is 0 Å². The quantitative estimate of drug-likeness (QED) is 0.527. The van der Waals surface area contributed by atoms with Crippen LogP contribution in [0.5, 0.6) is 11.5 Å². The fourth-order valence-electron chi connectivity index (χ4n) is 2.34. The van der Waals surface area contributed by atoms with Gasteiger partial charge >= 0.3 is 5.97 Å². The lowest BCUT2D eigenvalue weighted by molar-refractivity contribution is 0.0734. The van der Waals surface area contributed by atoms with Crippen molar-refractivity contribution in [1.29, 1.82) is 0 Å². The lowest BCUT2D eigenvalue weighted by Crippen LogP contribution is -2.31. The summed E-state index contributed by atoms with van der Waals surface area (Å²) >= 11 is 6.07. The summed E-state index contributed by atoms with van der Waals surface area (Å²) in [6.45, 7) is 4.07. The van der Waals surface area contributed by atoms with Gasteiger partial charge in [0, 0.05) is 13.1 Å². The Morgan fingerprint density at radius 3 is 2.15 bits per heavy atom. The van der Waals surface area contributed by atoms with Crippen molar-refractivity contribution < 1.29 is 22.7 Å². The van der Waals surface area contributed by atoms with Crippen LogP contribution in [0, 0.1) is 0 Å². The van der Waals surface area contributed by atoms with E-state index in [2.05, 4.69) is 0 Å². The molecule has 0 spiro atoms. The molecule has 0 amide bonds. The van der Waals surface area contributed by atoms with Crippen molar-refractivity contribution in [1.82, 2.24) is 4.31 Å². The summed E-state index contributed by atoms with van der Waals surface area (Å²) in [5.41, 5.74) is 0.0935. The van der Waals surface area contributed by atoms with Gasteiger partial charge in [0.1, 0.15) is 16.4 Å². The zero-order chi connectivity index (χ0) is 19.3. The van der Waals surface area contributed by atoms with E-state index in [9.17, 15) is 13.2 Å². The van der Waals surface area contributed by atoms with Crippen LogP contribution in [-0.2, 0) is 10.0 Å². The number of esters is 1. The van der Waals surface area contributed by atoms with Gasteiger partial charge in [-0.05, 0) is 42.5 Å². The van der Waals surface area contributed by atoms with Crippen LogP contribution in [-0.4, -0.2) is 38.9 Å². The van der Waals surface area contributed by atoms with E-state index in [0.29, 0.717) is 24.6 Å². The Morgan fingerprint density at radius 1 is 1.04 bits per heavy atom. The van der Waals surface area contributed by atoms with Crippen LogP contribution >= 0.6 is 11.6 Å². The van der Waals surface area contributed by atoms with Gasteiger partial charge in [-0.2, -0.15) is 4.31 Å². The Morgan fingerprint density at radius 2 is 1.62 bits per heavy atom. The summed E-state index contributed by atoms with van der Waals surface area (Å²) in [7, 11) is -2.26. The summed E-state index contributed by atoms with van der Waals surface area (Å²) in [5.74, 6) is 0.269. The number of hydrogen-bond donors (Lipinski definition) is 0. The molecule has 0 radical (unpaired) electrons. The van der Waals surface area contributed by atoms with Crippen LogP contribution in [0.15, 0.2) is 47.4 Å². The van der Waals surface area contributed by atoms with Crippen LogP contribution in [0.25, 0.3) is 0 Å². The maximum Gasteiger partial charge on any atom is 0.343 e. The van der Waals surface area contributed by atoms with Gasteiger partial charge in [-0.1, -0.05) is 25.4 Å². The van der Waals surface area contributed by atoms with Crippen LogP contribution in [0.2, 0.25) is 5.02 Å². The van der Waals surface area contributed by atoms with Crippen LogP contribution in [0.3, 0.4) is 0 Å². The van der Waals surface area contributed by atoms with Crippen molar-refractivity contribution in [2.24, 2.45) is 0 Å². The zero-order valence-corrected chi connectivity index (χ0v) is 16.3. The molecule has 2 aromatic carbocycles. The van der Waals surface area contributed by atoms with Crippen molar-refractivity contribution in [3.05, 3.63) is 53.1 Å². The molecule has 8 heteroatoms. The second-order valence-corrected chi connectivity index (χ2v) is 7.61. The molecule has 0 aliphatic rings. The van der Waals surface area contributed by atoms with E-state index in [4.69, 9.17) is 21.1 Å². The SMILES string of the molecule is CCN(CC)S(=O)(=O)c1cc(C(=O)Oc2ccc(OC)cc2)ccc1Cl. The average Bonchev–Trinajstić information content (AvgIpc) is 2.63. The van der Waals surface area contributed by atoms with Gasteiger partial charge in [-0.25, -0.2) is 13.2 Å². The number of hydrogen-bond acceptors (Lipinski definition) is 5. The van der Waals surface area contributed by atoms with Gasteiger partial charge in [0.15, 0.2) is 0 Å². The molecule has 0 bridgehead atoms. The zero-order valence-electron chi connectivity index (χ0n) is 14.7. The number of carbonyl (C=O) groups is 1. The largest absolute Gasteiger partial charge is 0.497 e. The Labute approximate surface area is 158 Å². The van der Waals surface area contributed by atoms with Crippen molar-refractivity contribution in [2.75, 3.05) is 20.2 Å². The Bertz CT molecular complexity index is 877. The highest BCUT2D eigenvalue weighted by Gasteiger charge is 2.26. The van der Waals surface area contributed by atoms with Crippen LogP contribution < -0.4 is 9.47 Å². The smallest absolute Gasteiger partial charge is 0.343 e. The van der Waals surface area contributed by atoms with Crippen molar-refractivity contribution >= 4 is 27.6 Å². The molecule has 140 valence electrons. The highest BCUT2D eigenvalue weighted by atomic mass is 35.5. The van der Waals surface area contributed by atoms with Crippen LogP contribution in [0.4, 0.5) is 0 Å². The number of methoxy groups -OCH3 is 1. The third-order valence-corrected chi connectivity index (χ3v) is 6.29. The number of ether oxygens (including phenoxy) is 2. The summed E-state index contributed by atoms with van der Waals surface area (Å²) in [5, 5.41) is 0.0536. The first-order valence-electron chi connectivity index (χ1n) is 7.99. The first kappa shape index (κ1) is 20.2. The first-order valence-corrected chi connectivity index (χ1v) is 9.81. The fourth-order valence-corrected chi connectivity index (χ4v) is 4.30. The molecule has 0 heterocycles. The van der Waals surface area contributed by atoms with E-state index in [1.54, 1.807) is 38.1 Å². The molecule has 2 rings (SSSR count). The first-order chi connectivity index (χ1) is 12.3. The molecule has 0 aromatic heterocycles. The molecule has 0 aliphatic carbocycles.